The van der Waals surface area contributed by atoms with Crippen LogP contribution in [0.3, 0.4) is 0 Å². The predicted molar refractivity (Wildman–Crippen MR) is 73.5 cm³/mol. The highest BCUT2D eigenvalue weighted by Crippen LogP contribution is 2.27. The van der Waals surface area contributed by atoms with Crippen molar-refractivity contribution in [3.63, 3.8) is 0 Å². The van der Waals surface area contributed by atoms with Gasteiger partial charge in [0.1, 0.15) is 10.3 Å². The summed E-state index contributed by atoms with van der Waals surface area (Å²) in [7, 11) is 0. The molecule has 0 saturated heterocycles. The summed E-state index contributed by atoms with van der Waals surface area (Å²) in [5.41, 5.74) is 2.44. The van der Waals surface area contributed by atoms with Crippen molar-refractivity contribution >= 4 is 40.4 Å². The molecule has 6 heteroatoms. The monoisotopic (exact) mass is 297 g/mol. The minimum Gasteiger partial charge on any atom is -0.216 e. The van der Waals surface area contributed by atoms with Gasteiger partial charge in [0.05, 0.1) is 6.20 Å². The fraction of sp³-hybridized carbons (Fsp3) is 0. The zero-order chi connectivity index (χ0) is 12.7. The van der Waals surface area contributed by atoms with Crippen molar-refractivity contribution in [3.05, 3.63) is 51.9 Å². The maximum Gasteiger partial charge on any atom is 0.166 e. The van der Waals surface area contributed by atoms with Crippen LogP contribution in [0.25, 0.3) is 16.8 Å². The van der Waals surface area contributed by atoms with Crippen LogP contribution in [0.1, 0.15) is 0 Å². The average Bonchev–Trinajstić information content (AvgIpc) is 2.74. The number of halogens is 3. The van der Waals surface area contributed by atoms with E-state index in [1.807, 2.05) is 24.3 Å². The van der Waals surface area contributed by atoms with Crippen LogP contribution in [0.2, 0.25) is 15.3 Å². The first kappa shape index (κ1) is 11.8. The Bertz CT molecular complexity index is 719. The molecule has 2 aromatic heterocycles. The summed E-state index contributed by atoms with van der Waals surface area (Å²) in [6.45, 7) is 0. The van der Waals surface area contributed by atoms with Gasteiger partial charge >= 0.3 is 0 Å². The second kappa shape index (κ2) is 4.43. The molecule has 0 spiro atoms. The van der Waals surface area contributed by atoms with Crippen molar-refractivity contribution in [2.24, 2.45) is 0 Å². The van der Waals surface area contributed by atoms with Crippen LogP contribution in [0.4, 0.5) is 0 Å². The second-order valence-electron chi connectivity index (χ2n) is 3.70. The molecule has 0 aliphatic carbocycles. The molecule has 0 amide bonds. The van der Waals surface area contributed by atoms with Gasteiger partial charge < -0.3 is 0 Å². The van der Waals surface area contributed by atoms with E-state index in [4.69, 9.17) is 34.8 Å². The van der Waals surface area contributed by atoms with Crippen molar-refractivity contribution in [1.82, 2.24) is 14.6 Å². The van der Waals surface area contributed by atoms with Crippen LogP contribution in [-0.4, -0.2) is 14.6 Å². The van der Waals surface area contributed by atoms with Gasteiger partial charge in [-0.2, -0.15) is 5.10 Å². The van der Waals surface area contributed by atoms with Gasteiger partial charge in [-0.05, 0) is 17.7 Å². The Labute approximate surface area is 118 Å². The van der Waals surface area contributed by atoms with Gasteiger partial charge in [-0.15, -0.1) is 0 Å². The van der Waals surface area contributed by atoms with Crippen LogP contribution in [0, 0.1) is 0 Å². The molecule has 2 heterocycles. The first-order chi connectivity index (χ1) is 8.65. The van der Waals surface area contributed by atoms with Crippen LogP contribution in [0.5, 0.6) is 0 Å². The molecular formula is C12H6Cl3N3. The molecule has 0 atom stereocenters. The third-order valence-electron chi connectivity index (χ3n) is 2.55. The summed E-state index contributed by atoms with van der Waals surface area (Å²) in [5, 5.41) is 5.63. The first-order valence-electron chi connectivity index (χ1n) is 5.11. The van der Waals surface area contributed by atoms with Crippen molar-refractivity contribution in [2.45, 2.75) is 0 Å². The van der Waals surface area contributed by atoms with Crippen LogP contribution < -0.4 is 0 Å². The number of hydrogen-bond acceptors (Lipinski definition) is 2. The Morgan fingerprint density at radius 1 is 1.00 bits per heavy atom. The molecule has 18 heavy (non-hydrogen) atoms. The number of benzene rings is 1. The van der Waals surface area contributed by atoms with Crippen molar-refractivity contribution in [1.29, 1.82) is 0 Å². The minimum absolute atomic E-state index is 0.336. The fourth-order valence-electron chi connectivity index (χ4n) is 1.73. The number of hydrogen-bond donors (Lipinski definition) is 0. The first-order valence-corrected chi connectivity index (χ1v) is 6.24. The van der Waals surface area contributed by atoms with Gasteiger partial charge in [0.2, 0.25) is 0 Å². The van der Waals surface area contributed by atoms with E-state index in [9.17, 15) is 0 Å². The normalized spacial score (nSPS) is 11.1. The number of rotatable bonds is 1. The van der Waals surface area contributed by atoms with Gasteiger partial charge in [0.15, 0.2) is 5.65 Å². The minimum atomic E-state index is 0.336. The van der Waals surface area contributed by atoms with Crippen molar-refractivity contribution < 1.29 is 0 Å². The summed E-state index contributed by atoms with van der Waals surface area (Å²) in [5.74, 6) is 0. The largest absolute Gasteiger partial charge is 0.216 e. The summed E-state index contributed by atoms with van der Waals surface area (Å²) in [6, 6.07) is 8.97. The smallest absolute Gasteiger partial charge is 0.166 e. The van der Waals surface area contributed by atoms with Gasteiger partial charge in [-0.1, -0.05) is 46.9 Å². The molecule has 90 valence electrons. The van der Waals surface area contributed by atoms with E-state index in [2.05, 4.69) is 10.1 Å². The Morgan fingerprint density at radius 2 is 1.72 bits per heavy atom. The molecule has 3 nitrogen and oxygen atoms in total. The lowest BCUT2D eigenvalue weighted by molar-refractivity contribution is 0.940. The lowest BCUT2D eigenvalue weighted by atomic mass is 10.1. The Balaban J connectivity index is 2.27. The van der Waals surface area contributed by atoms with Gasteiger partial charge in [-0.3, -0.25) is 0 Å². The van der Waals surface area contributed by atoms with E-state index in [0.717, 1.165) is 11.1 Å². The second-order valence-corrected chi connectivity index (χ2v) is 4.91. The molecule has 3 rings (SSSR count). The van der Waals surface area contributed by atoms with E-state index in [1.165, 1.54) is 4.52 Å². The summed E-state index contributed by atoms with van der Waals surface area (Å²) >= 11 is 17.8. The zero-order valence-electron chi connectivity index (χ0n) is 8.94. The Morgan fingerprint density at radius 3 is 2.44 bits per heavy atom. The van der Waals surface area contributed by atoms with E-state index in [-0.39, 0.29) is 0 Å². The van der Waals surface area contributed by atoms with Gasteiger partial charge in [0, 0.05) is 16.7 Å². The average molecular weight is 299 g/mol. The molecule has 0 bridgehead atoms. The third kappa shape index (κ3) is 1.94. The highest BCUT2D eigenvalue weighted by atomic mass is 35.5. The zero-order valence-corrected chi connectivity index (χ0v) is 11.2. The number of nitrogens with zero attached hydrogens (tertiary/aromatic N) is 3. The summed E-state index contributed by atoms with van der Waals surface area (Å²) in [4.78, 5) is 4.24. The van der Waals surface area contributed by atoms with Gasteiger partial charge in [-0.25, -0.2) is 9.50 Å². The standard InChI is InChI=1S/C12H6Cl3N3/c13-8-3-1-7(2-4-8)9-6-16-18-11(15)5-10(14)17-12(9)18/h1-6H. The Kier molecular flexibility index (Phi) is 2.90. The molecule has 0 saturated carbocycles. The molecule has 0 fully saturated rings. The van der Waals surface area contributed by atoms with Crippen molar-refractivity contribution in [3.8, 4) is 11.1 Å². The molecule has 0 N–H and O–H groups in total. The van der Waals surface area contributed by atoms with E-state index < -0.39 is 0 Å². The molecular weight excluding hydrogens is 293 g/mol. The predicted octanol–water partition coefficient (Wildman–Crippen LogP) is 4.36. The third-order valence-corrected chi connectivity index (χ3v) is 3.27. The molecule has 3 aromatic rings. The maximum absolute atomic E-state index is 6.04. The van der Waals surface area contributed by atoms with E-state index in [0.29, 0.717) is 21.0 Å². The topological polar surface area (TPSA) is 30.2 Å². The lowest BCUT2D eigenvalue weighted by Gasteiger charge is -2.01. The Hall–Kier alpha value is -1.29. The van der Waals surface area contributed by atoms with Crippen LogP contribution >= 0.6 is 34.8 Å². The van der Waals surface area contributed by atoms with E-state index >= 15 is 0 Å². The quantitative estimate of drug-likeness (QED) is 0.625. The number of fused-ring (bicyclic) bond motifs is 1. The fourth-order valence-corrected chi connectivity index (χ4v) is 2.32. The molecule has 1 aromatic carbocycles. The number of aromatic nitrogens is 3. The molecule has 0 aliphatic heterocycles. The van der Waals surface area contributed by atoms with Gasteiger partial charge in [0.25, 0.3) is 0 Å². The van der Waals surface area contributed by atoms with E-state index in [1.54, 1.807) is 12.3 Å². The SMILES string of the molecule is Clc1ccc(-c2cnn3c(Cl)cc(Cl)nc23)cc1. The lowest BCUT2D eigenvalue weighted by Crippen LogP contribution is -1.92. The summed E-state index contributed by atoms with van der Waals surface area (Å²) in [6.07, 6.45) is 1.70. The highest BCUT2D eigenvalue weighted by Gasteiger charge is 2.11. The van der Waals surface area contributed by atoms with Crippen molar-refractivity contribution in [2.75, 3.05) is 0 Å². The maximum atomic E-state index is 6.04. The summed E-state index contributed by atoms with van der Waals surface area (Å²) < 4.78 is 1.54. The van der Waals surface area contributed by atoms with Crippen LogP contribution in [0.15, 0.2) is 36.5 Å². The molecule has 0 unspecified atom stereocenters. The molecule has 0 radical (unpaired) electrons. The van der Waals surface area contributed by atoms with Crippen LogP contribution in [-0.2, 0) is 0 Å². The highest BCUT2D eigenvalue weighted by molar-refractivity contribution is 6.33. The molecule has 0 aliphatic rings.